The quantitative estimate of drug-likeness (QED) is 0.170. The second kappa shape index (κ2) is 10.2. The van der Waals surface area contributed by atoms with E-state index in [1.807, 2.05) is 11.3 Å². The van der Waals surface area contributed by atoms with E-state index in [4.69, 9.17) is 9.97 Å². The van der Waals surface area contributed by atoms with Gasteiger partial charge in [0.05, 0.1) is 31.6 Å². The molecule has 3 nitrogen and oxygen atoms in total. The number of hydrogen-bond acceptors (Lipinski definition) is 4. The lowest BCUT2D eigenvalue weighted by Crippen LogP contribution is -2.03. The van der Waals surface area contributed by atoms with Gasteiger partial charge in [-0.2, -0.15) is 0 Å². The second-order valence-corrected chi connectivity index (χ2v) is 15.4. The minimum Gasteiger partial charge on any atom is -0.276 e. The zero-order valence-corrected chi connectivity index (χ0v) is 28.7. The van der Waals surface area contributed by atoms with Crippen LogP contribution in [0, 0.1) is 0 Å². The molecule has 236 valence electrons. The summed E-state index contributed by atoms with van der Waals surface area (Å²) >= 11 is 3.65. The fourth-order valence-corrected chi connectivity index (χ4v) is 10.9. The SMILES string of the molecule is c1ccc2c(c1)cc(-c1nc(-n3c4ccccc4c4c5ccccc5c5c6ccccc6sc5c43)nc3c1sc1ccccc13)c1ccccc12. The topological polar surface area (TPSA) is 30.7 Å². The lowest BCUT2D eigenvalue weighted by atomic mass is 9.95. The van der Waals surface area contributed by atoms with Crippen molar-refractivity contribution < 1.29 is 0 Å². The molecule has 0 aliphatic rings. The van der Waals surface area contributed by atoms with Crippen LogP contribution in [-0.2, 0) is 0 Å². The maximum absolute atomic E-state index is 5.67. The second-order valence-electron chi connectivity index (χ2n) is 13.3. The van der Waals surface area contributed by atoms with Crippen molar-refractivity contribution in [2.75, 3.05) is 0 Å². The van der Waals surface area contributed by atoms with E-state index in [2.05, 4.69) is 156 Å². The third-order valence-corrected chi connectivity index (χ3v) is 12.9. The average molecular weight is 684 g/mol. The van der Waals surface area contributed by atoms with Gasteiger partial charge in [-0.25, -0.2) is 9.97 Å². The fourth-order valence-electron chi connectivity index (χ4n) is 8.45. The highest BCUT2D eigenvalue weighted by molar-refractivity contribution is 7.27. The van der Waals surface area contributed by atoms with Crippen molar-refractivity contribution in [2.24, 2.45) is 0 Å². The highest BCUT2D eigenvalue weighted by Crippen LogP contribution is 2.48. The Morgan fingerprint density at radius 2 is 1.00 bits per heavy atom. The Balaban J connectivity index is 1.31. The maximum atomic E-state index is 5.67. The molecule has 51 heavy (non-hydrogen) atoms. The van der Waals surface area contributed by atoms with Crippen LogP contribution in [0.3, 0.4) is 0 Å². The van der Waals surface area contributed by atoms with E-state index < -0.39 is 0 Å². The number of benzene rings is 8. The van der Waals surface area contributed by atoms with Crippen molar-refractivity contribution in [1.29, 1.82) is 0 Å². The summed E-state index contributed by atoms with van der Waals surface area (Å²) in [6.07, 6.45) is 0. The molecule has 0 saturated carbocycles. The zero-order chi connectivity index (χ0) is 33.2. The third kappa shape index (κ3) is 3.71. The standard InChI is InChI=1S/C46H25N3S2/c1-2-14-27-26(13-1)25-35(29-16-4-3-15-28(27)29)42-45-41(34-21-9-12-24-38(34)51-45)47-46(48-42)49-36-22-10-7-19-32(36)39-30-17-5-6-18-31(30)40-33-20-8-11-23-37(33)50-44(40)43(39)49/h1-25H. The highest BCUT2D eigenvalue weighted by atomic mass is 32.1. The summed E-state index contributed by atoms with van der Waals surface area (Å²) in [6, 6.07) is 54.9. The molecule has 0 atom stereocenters. The lowest BCUT2D eigenvalue weighted by Gasteiger charge is -2.14. The Hall–Kier alpha value is -6.14. The number of nitrogens with zero attached hydrogens (tertiary/aromatic N) is 3. The summed E-state index contributed by atoms with van der Waals surface area (Å²) in [5.41, 5.74) is 5.36. The summed E-state index contributed by atoms with van der Waals surface area (Å²) in [4.78, 5) is 11.2. The van der Waals surface area contributed by atoms with Gasteiger partial charge in [-0.05, 0) is 56.6 Å². The molecule has 0 N–H and O–H groups in total. The molecular weight excluding hydrogens is 659 g/mol. The summed E-state index contributed by atoms with van der Waals surface area (Å²) in [6.45, 7) is 0. The number of fused-ring (bicyclic) bond motifs is 16. The van der Waals surface area contributed by atoms with Gasteiger partial charge >= 0.3 is 0 Å². The predicted molar refractivity (Wildman–Crippen MR) is 220 cm³/mol. The summed E-state index contributed by atoms with van der Waals surface area (Å²) < 4.78 is 7.22. The van der Waals surface area contributed by atoms with Crippen LogP contribution in [0.5, 0.6) is 0 Å². The van der Waals surface area contributed by atoms with Crippen molar-refractivity contribution in [1.82, 2.24) is 14.5 Å². The first kappa shape index (κ1) is 27.7. The predicted octanol–water partition coefficient (Wildman–Crippen LogP) is 13.4. The Labute approximate surface area is 299 Å². The van der Waals surface area contributed by atoms with Crippen molar-refractivity contribution in [3.63, 3.8) is 0 Å². The minimum atomic E-state index is 0.693. The zero-order valence-electron chi connectivity index (χ0n) is 27.1. The largest absolute Gasteiger partial charge is 0.276 e. The van der Waals surface area contributed by atoms with Gasteiger partial charge in [0.1, 0.15) is 0 Å². The first-order valence-corrected chi connectivity index (χ1v) is 18.8. The first-order chi connectivity index (χ1) is 25.3. The Kier molecular flexibility index (Phi) is 5.53. The minimum absolute atomic E-state index is 0.693. The molecule has 5 heteroatoms. The van der Waals surface area contributed by atoms with Gasteiger partial charge < -0.3 is 0 Å². The monoisotopic (exact) mass is 683 g/mol. The van der Waals surface area contributed by atoms with Crippen molar-refractivity contribution >= 4 is 117 Å². The molecule has 0 fully saturated rings. The molecule has 8 aromatic carbocycles. The van der Waals surface area contributed by atoms with E-state index in [-0.39, 0.29) is 0 Å². The molecule has 0 radical (unpaired) electrons. The van der Waals surface area contributed by atoms with Gasteiger partial charge in [0.2, 0.25) is 5.95 Å². The molecule has 12 rings (SSSR count). The van der Waals surface area contributed by atoms with Crippen LogP contribution >= 0.6 is 22.7 Å². The molecule has 4 heterocycles. The molecular formula is C46H25N3S2. The highest BCUT2D eigenvalue weighted by Gasteiger charge is 2.25. The summed E-state index contributed by atoms with van der Waals surface area (Å²) in [5, 5.41) is 13.6. The van der Waals surface area contributed by atoms with Crippen LogP contribution in [-0.4, -0.2) is 14.5 Å². The fraction of sp³-hybridized carbons (Fsp3) is 0. The van der Waals surface area contributed by atoms with Gasteiger partial charge in [-0.1, -0.05) is 127 Å². The van der Waals surface area contributed by atoms with Crippen LogP contribution in [0.15, 0.2) is 152 Å². The van der Waals surface area contributed by atoms with Gasteiger partial charge in [0.15, 0.2) is 0 Å². The van der Waals surface area contributed by atoms with Gasteiger partial charge in [-0.3, -0.25) is 4.57 Å². The van der Waals surface area contributed by atoms with E-state index in [1.165, 1.54) is 73.5 Å². The maximum Gasteiger partial charge on any atom is 0.235 e. The van der Waals surface area contributed by atoms with Crippen LogP contribution in [0.25, 0.3) is 112 Å². The number of aromatic nitrogens is 3. The van der Waals surface area contributed by atoms with E-state index in [0.717, 1.165) is 32.4 Å². The van der Waals surface area contributed by atoms with Crippen molar-refractivity contribution in [3.8, 4) is 17.2 Å². The normalized spacial score (nSPS) is 12.3. The van der Waals surface area contributed by atoms with Gasteiger partial charge in [0.25, 0.3) is 0 Å². The summed E-state index contributed by atoms with van der Waals surface area (Å²) in [7, 11) is 0. The Morgan fingerprint density at radius 3 is 1.80 bits per heavy atom. The van der Waals surface area contributed by atoms with Crippen LogP contribution in [0.1, 0.15) is 0 Å². The molecule has 0 bridgehead atoms. The van der Waals surface area contributed by atoms with Gasteiger partial charge in [0, 0.05) is 41.9 Å². The van der Waals surface area contributed by atoms with E-state index in [1.54, 1.807) is 11.3 Å². The molecule has 0 aliphatic carbocycles. The lowest BCUT2D eigenvalue weighted by molar-refractivity contribution is 1.02. The molecule has 0 spiro atoms. The summed E-state index contributed by atoms with van der Waals surface area (Å²) in [5.74, 6) is 0.693. The average Bonchev–Trinajstić information content (AvgIpc) is 3.88. The van der Waals surface area contributed by atoms with E-state index in [0.29, 0.717) is 5.95 Å². The van der Waals surface area contributed by atoms with E-state index >= 15 is 0 Å². The van der Waals surface area contributed by atoms with Crippen LogP contribution in [0.4, 0.5) is 0 Å². The molecule has 0 amide bonds. The van der Waals surface area contributed by atoms with Gasteiger partial charge in [-0.15, -0.1) is 22.7 Å². The molecule has 0 saturated heterocycles. The molecule has 0 aliphatic heterocycles. The molecule has 4 aromatic heterocycles. The molecule has 12 aromatic rings. The Bertz CT molecular complexity index is 3440. The van der Waals surface area contributed by atoms with Crippen molar-refractivity contribution in [3.05, 3.63) is 152 Å². The van der Waals surface area contributed by atoms with Crippen LogP contribution in [0.2, 0.25) is 0 Å². The van der Waals surface area contributed by atoms with Crippen molar-refractivity contribution in [2.45, 2.75) is 0 Å². The van der Waals surface area contributed by atoms with E-state index in [9.17, 15) is 0 Å². The number of hydrogen-bond donors (Lipinski definition) is 0. The Morgan fingerprint density at radius 1 is 0.431 bits per heavy atom. The number of thiophene rings is 2. The number of para-hydroxylation sites is 1. The smallest absolute Gasteiger partial charge is 0.235 e. The third-order valence-electron chi connectivity index (χ3n) is 10.6. The number of rotatable bonds is 2. The first-order valence-electron chi connectivity index (χ1n) is 17.2. The van der Waals surface area contributed by atoms with Crippen LogP contribution < -0.4 is 0 Å². The molecule has 0 unspecified atom stereocenters.